The molecule has 0 N–H and O–H groups in total. The lowest BCUT2D eigenvalue weighted by Crippen LogP contribution is -2.74. The maximum absolute atomic E-state index is 6.36. The van der Waals surface area contributed by atoms with Crippen molar-refractivity contribution in [1.29, 1.82) is 0 Å². The maximum atomic E-state index is 6.36. The molecule has 3 saturated heterocycles. The molecule has 0 radical (unpaired) electrons. The van der Waals surface area contributed by atoms with E-state index < -0.39 is 0 Å². The fraction of sp³-hybridized carbons (Fsp3) is 1.00. The Balaban J connectivity index is 1.50. The lowest BCUT2D eigenvalue weighted by Gasteiger charge is -2.56. The molecule has 3 aliphatic heterocycles. The van der Waals surface area contributed by atoms with Gasteiger partial charge in [-0.15, -0.1) is 0 Å². The van der Waals surface area contributed by atoms with Gasteiger partial charge in [0.25, 0.3) is 0 Å². The SMILES string of the molecule is CCCCB1O[C@H]2[C@@H]3OB(CCCC)O[C@H]4[C@@H](OB(CCCC)O[C@@H]34)[C@H]2O1. The van der Waals surface area contributed by atoms with E-state index in [1.165, 1.54) is 0 Å². The summed E-state index contributed by atoms with van der Waals surface area (Å²) in [6, 6.07) is 0. The third-order valence-electron chi connectivity index (χ3n) is 6.18. The summed E-state index contributed by atoms with van der Waals surface area (Å²) in [4.78, 5) is 0. The van der Waals surface area contributed by atoms with Crippen LogP contribution in [0.4, 0.5) is 0 Å². The minimum atomic E-state index is -0.197. The van der Waals surface area contributed by atoms with Crippen molar-refractivity contribution in [2.45, 2.75) is 115 Å². The second-order valence-electron chi connectivity index (χ2n) is 8.32. The van der Waals surface area contributed by atoms with Crippen LogP contribution in [-0.2, 0) is 27.9 Å². The summed E-state index contributed by atoms with van der Waals surface area (Å²) in [7, 11) is -0.564. The van der Waals surface area contributed by atoms with E-state index in [-0.39, 0.29) is 58.0 Å². The van der Waals surface area contributed by atoms with Crippen LogP contribution in [-0.4, -0.2) is 58.0 Å². The highest BCUT2D eigenvalue weighted by Gasteiger charge is 2.64. The Morgan fingerprint density at radius 2 is 0.667 bits per heavy atom. The van der Waals surface area contributed by atoms with Gasteiger partial charge in [0, 0.05) is 0 Å². The largest absolute Gasteiger partial charge is 0.457 e. The van der Waals surface area contributed by atoms with Crippen molar-refractivity contribution in [3.63, 3.8) is 0 Å². The van der Waals surface area contributed by atoms with Gasteiger partial charge in [-0.1, -0.05) is 59.3 Å². The van der Waals surface area contributed by atoms with E-state index in [0.29, 0.717) is 0 Å². The molecule has 9 heteroatoms. The minimum Gasteiger partial charge on any atom is -0.403 e. The zero-order valence-corrected chi connectivity index (χ0v) is 17.0. The predicted molar refractivity (Wildman–Crippen MR) is 106 cm³/mol. The van der Waals surface area contributed by atoms with Gasteiger partial charge in [0.15, 0.2) is 0 Å². The number of unbranched alkanes of at least 4 members (excludes halogenated alkanes) is 3. The fourth-order valence-corrected chi connectivity index (χ4v) is 4.72. The number of rotatable bonds is 9. The zero-order chi connectivity index (χ0) is 18.8. The predicted octanol–water partition coefficient (Wildman–Crippen LogP) is 3.22. The van der Waals surface area contributed by atoms with Gasteiger partial charge < -0.3 is 27.9 Å². The third-order valence-corrected chi connectivity index (χ3v) is 6.18. The normalized spacial score (nSPS) is 37.7. The molecule has 3 heterocycles. The maximum Gasteiger partial charge on any atom is 0.457 e. The molecule has 0 aromatic heterocycles. The molecule has 4 rings (SSSR count). The molecule has 0 aromatic rings. The highest BCUT2D eigenvalue weighted by molar-refractivity contribution is 6.47. The summed E-state index contributed by atoms with van der Waals surface area (Å²) in [6.45, 7) is 6.56. The van der Waals surface area contributed by atoms with Gasteiger partial charge in [0.2, 0.25) is 0 Å². The van der Waals surface area contributed by atoms with E-state index in [2.05, 4.69) is 20.8 Å². The fourth-order valence-electron chi connectivity index (χ4n) is 4.72. The Hall–Kier alpha value is -0.0452. The van der Waals surface area contributed by atoms with Crippen LogP contribution in [0.1, 0.15) is 59.3 Å². The average Bonchev–Trinajstić information content (AvgIpc) is 3.10. The molecule has 1 aliphatic carbocycles. The molecule has 0 aromatic carbocycles. The average molecular weight is 378 g/mol. The van der Waals surface area contributed by atoms with Gasteiger partial charge in [0.1, 0.15) is 0 Å². The molecule has 27 heavy (non-hydrogen) atoms. The summed E-state index contributed by atoms with van der Waals surface area (Å²) < 4.78 is 37.9. The minimum absolute atomic E-state index is 0.127. The van der Waals surface area contributed by atoms with Gasteiger partial charge >= 0.3 is 21.4 Å². The zero-order valence-electron chi connectivity index (χ0n) is 17.0. The quantitative estimate of drug-likeness (QED) is 0.575. The van der Waals surface area contributed by atoms with Crippen LogP contribution < -0.4 is 0 Å². The molecule has 1 saturated carbocycles. The molecule has 4 bridgehead atoms. The van der Waals surface area contributed by atoms with Crippen LogP contribution in [0.15, 0.2) is 0 Å². The lowest BCUT2D eigenvalue weighted by atomic mass is 9.70. The van der Waals surface area contributed by atoms with Gasteiger partial charge in [-0.05, 0) is 19.0 Å². The van der Waals surface area contributed by atoms with Crippen molar-refractivity contribution < 1.29 is 27.9 Å². The van der Waals surface area contributed by atoms with Gasteiger partial charge in [-0.3, -0.25) is 0 Å². The van der Waals surface area contributed by atoms with Crippen LogP contribution in [0, 0.1) is 0 Å². The van der Waals surface area contributed by atoms with E-state index in [9.17, 15) is 0 Å². The Labute approximate surface area is 164 Å². The lowest BCUT2D eigenvalue weighted by molar-refractivity contribution is -0.230. The first-order valence-corrected chi connectivity index (χ1v) is 11.2. The Morgan fingerprint density at radius 3 is 0.852 bits per heavy atom. The number of hydrogen-bond donors (Lipinski definition) is 0. The number of fused-ring (bicyclic) bond motifs is 3. The molecule has 150 valence electrons. The molecular weight excluding hydrogens is 345 g/mol. The Morgan fingerprint density at radius 1 is 0.444 bits per heavy atom. The van der Waals surface area contributed by atoms with Gasteiger partial charge in [-0.25, -0.2) is 0 Å². The summed E-state index contributed by atoms with van der Waals surface area (Å²) in [5.41, 5.74) is 0. The summed E-state index contributed by atoms with van der Waals surface area (Å²) in [6.07, 6.45) is 8.61. The molecule has 4 fully saturated rings. The molecule has 0 spiro atoms. The molecule has 4 aliphatic rings. The standard InChI is InChI=1S/C18H33B3O6/c1-4-7-10-19-22-13-14-15(24-19)17-18(27-21(26-17)12-9-6-3)16(13)25-20(23-14)11-8-5-2/h13-18H,4-12H2,1-3H3/t13-,14-,15-,16-,17-,18+/m1/s1. The molecule has 0 atom stereocenters. The molecule has 0 amide bonds. The van der Waals surface area contributed by atoms with Crippen molar-refractivity contribution in [3.8, 4) is 0 Å². The van der Waals surface area contributed by atoms with Crippen molar-refractivity contribution >= 4 is 21.4 Å². The first kappa shape index (κ1) is 20.2. The highest BCUT2D eigenvalue weighted by atomic mass is 16.7. The van der Waals surface area contributed by atoms with Crippen molar-refractivity contribution in [2.24, 2.45) is 0 Å². The summed E-state index contributed by atoms with van der Waals surface area (Å²) in [5, 5.41) is 0. The Kier molecular flexibility index (Phi) is 6.88. The smallest absolute Gasteiger partial charge is 0.403 e. The van der Waals surface area contributed by atoms with Crippen molar-refractivity contribution in [2.75, 3.05) is 0 Å². The van der Waals surface area contributed by atoms with E-state index >= 15 is 0 Å². The van der Waals surface area contributed by atoms with E-state index in [0.717, 1.165) is 57.5 Å². The second kappa shape index (κ2) is 9.18. The highest BCUT2D eigenvalue weighted by Crippen LogP contribution is 2.44. The van der Waals surface area contributed by atoms with E-state index in [4.69, 9.17) is 27.9 Å². The second-order valence-corrected chi connectivity index (χ2v) is 8.32. The Bertz CT molecular complexity index is 440. The number of hydrogen-bond acceptors (Lipinski definition) is 6. The summed E-state index contributed by atoms with van der Waals surface area (Å²) >= 11 is 0. The molecule has 6 nitrogen and oxygen atoms in total. The van der Waals surface area contributed by atoms with Crippen LogP contribution in [0.5, 0.6) is 0 Å². The molecular formula is C18H33B3O6. The van der Waals surface area contributed by atoms with Gasteiger partial charge in [0.05, 0.1) is 36.6 Å². The van der Waals surface area contributed by atoms with Crippen LogP contribution in [0.25, 0.3) is 0 Å². The van der Waals surface area contributed by atoms with Crippen molar-refractivity contribution in [1.82, 2.24) is 0 Å². The van der Waals surface area contributed by atoms with Gasteiger partial charge in [-0.2, -0.15) is 0 Å². The van der Waals surface area contributed by atoms with Crippen molar-refractivity contribution in [3.05, 3.63) is 0 Å². The third kappa shape index (κ3) is 4.14. The van der Waals surface area contributed by atoms with Crippen LogP contribution in [0.3, 0.4) is 0 Å². The van der Waals surface area contributed by atoms with Crippen LogP contribution >= 0.6 is 0 Å². The first-order chi connectivity index (χ1) is 13.2. The topological polar surface area (TPSA) is 55.4 Å². The van der Waals surface area contributed by atoms with Crippen LogP contribution in [0.2, 0.25) is 19.0 Å². The monoisotopic (exact) mass is 378 g/mol. The molecule has 0 unspecified atom stereocenters. The van der Waals surface area contributed by atoms with E-state index in [1.807, 2.05) is 0 Å². The summed E-state index contributed by atoms with van der Waals surface area (Å²) in [5.74, 6) is 0. The first-order valence-electron chi connectivity index (χ1n) is 11.2. The van der Waals surface area contributed by atoms with E-state index in [1.54, 1.807) is 0 Å².